The average molecular weight is 351 g/mol. The molecule has 4 rings (SSSR count). The van der Waals surface area contributed by atoms with Crippen molar-refractivity contribution in [2.24, 2.45) is 0 Å². The van der Waals surface area contributed by atoms with Crippen LogP contribution < -0.4 is 4.74 Å². The van der Waals surface area contributed by atoms with Gasteiger partial charge in [0, 0.05) is 17.1 Å². The van der Waals surface area contributed by atoms with Gasteiger partial charge in [-0.15, -0.1) is 0 Å². The van der Waals surface area contributed by atoms with Crippen molar-refractivity contribution in [3.8, 4) is 29.1 Å². The largest absolute Gasteiger partial charge is 0.497 e. The summed E-state index contributed by atoms with van der Waals surface area (Å²) in [6, 6.07) is 19.5. The quantitative estimate of drug-likeness (QED) is 0.502. The fourth-order valence-corrected chi connectivity index (χ4v) is 2.68. The Kier molecular flexibility index (Phi) is 4.51. The first-order valence-corrected chi connectivity index (χ1v) is 8.59. The van der Waals surface area contributed by atoms with Gasteiger partial charge in [-0.1, -0.05) is 30.2 Å². The zero-order valence-corrected chi connectivity index (χ0v) is 15.1. The summed E-state index contributed by atoms with van der Waals surface area (Å²) in [5, 5.41) is 1.01. The molecule has 0 aliphatic rings. The number of methoxy groups -OCH3 is 1. The molecule has 2 aromatic carbocycles. The SMILES string of the molecule is COc1ccc(C#Cc2nc(-c3ncc4ccccc4n3)ccc2C)cc1. The van der Waals surface area contributed by atoms with Crippen LogP contribution in [-0.4, -0.2) is 22.1 Å². The number of nitrogens with zero attached hydrogens (tertiary/aromatic N) is 3. The summed E-state index contributed by atoms with van der Waals surface area (Å²) in [7, 11) is 1.65. The highest BCUT2D eigenvalue weighted by Crippen LogP contribution is 2.18. The minimum atomic E-state index is 0.598. The third-order valence-corrected chi connectivity index (χ3v) is 4.23. The summed E-state index contributed by atoms with van der Waals surface area (Å²) in [6.45, 7) is 2.00. The molecule has 0 fully saturated rings. The van der Waals surface area contributed by atoms with Crippen LogP contribution in [-0.2, 0) is 0 Å². The summed E-state index contributed by atoms with van der Waals surface area (Å²) in [6.07, 6.45) is 1.82. The fourth-order valence-electron chi connectivity index (χ4n) is 2.68. The van der Waals surface area contributed by atoms with E-state index < -0.39 is 0 Å². The lowest BCUT2D eigenvalue weighted by Crippen LogP contribution is -1.96. The summed E-state index contributed by atoms with van der Waals surface area (Å²) >= 11 is 0. The highest BCUT2D eigenvalue weighted by Gasteiger charge is 2.07. The van der Waals surface area contributed by atoms with Crippen molar-refractivity contribution in [1.82, 2.24) is 15.0 Å². The van der Waals surface area contributed by atoms with Crippen molar-refractivity contribution >= 4 is 10.9 Å². The van der Waals surface area contributed by atoms with Crippen LogP contribution in [0.15, 0.2) is 66.9 Å². The highest BCUT2D eigenvalue weighted by atomic mass is 16.5. The van der Waals surface area contributed by atoms with Gasteiger partial charge in [0.1, 0.15) is 17.1 Å². The van der Waals surface area contributed by atoms with E-state index in [4.69, 9.17) is 4.74 Å². The van der Waals surface area contributed by atoms with Gasteiger partial charge in [-0.2, -0.15) is 0 Å². The minimum Gasteiger partial charge on any atom is -0.497 e. The zero-order valence-electron chi connectivity index (χ0n) is 15.1. The van der Waals surface area contributed by atoms with E-state index in [1.807, 2.05) is 73.8 Å². The second-order valence-electron chi connectivity index (χ2n) is 6.09. The van der Waals surface area contributed by atoms with Crippen molar-refractivity contribution in [2.75, 3.05) is 7.11 Å². The first-order valence-electron chi connectivity index (χ1n) is 8.59. The molecule has 0 saturated heterocycles. The van der Waals surface area contributed by atoms with Crippen LogP contribution in [0, 0.1) is 18.8 Å². The fraction of sp³-hybridized carbons (Fsp3) is 0.0870. The lowest BCUT2D eigenvalue weighted by Gasteiger charge is -2.04. The second kappa shape index (κ2) is 7.27. The summed E-state index contributed by atoms with van der Waals surface area (Å²) in [5.41, 5.74) is 4.26. The maximum atomic E-state index is 5.17. The van der Waals surface area contributed by atoms with E-state index in [1.165, 1.54) is 0 Å². The summed E-state index contributed by atoms with van der Waals surface area (Å²) < 4.78 is 5.17. The monoisotopic (exact) mass is 351 g/mol. The molecule has 4 aromatic rings. The molecule has 0 aliphatic heterocycles. The van der Waals surface area contributed by atoms with E-state index in [1.54, 1.807) is 7.11 Å². The van der Waals surface area contributed by atoms with Gasteiger partial charge in [0.05, 0.1) is 12.6 Å². The van der Waals surface area contributed by atoms with Crippen molar-refractivity contribution in [3.05, 3.63) is 83.7 Å². The Hall–Kier alpha value is -3.71. The summed E-state index contributed by atoms with van der Waals surface area (Å²) in [4.78, 5) is 13.7. The van der Waals surface area contributed by atoms with E-state index in [2.05, 4.69) is 26.8 Å². The molecular weight excluding hydrogens is 334 g/mol. The van der Waals surface area contributed by atoms with Gasteiger partial charge in [-0.25, -0.2) is 15.0 Å². The Morgan fingerprint density at radius 1 is 0.852 bits per heavy atom. The number of hydrogen-bond donors (Lipinski definition) is 0. The number of ether oxygens (including phenoxy) is 1. The third kappa shape index (κ3) is 3.63. The normalized spacial score (nSPS) is 10.3. The van der Waals surface area contributed by atoms with Crippen LogP contribution in [0.4, 0.5) is 0 Å². The van der Waals surface area contributed by atoms with Gasteiger partial charge in [-0.05, 0) is 54.8 Å². The molecule has 130 valence electrons. The van der Waals surface area contributed by atoms with Crippen molar-refractivity contribution < 1.29 is 4.74 Å². The molecule has 4 nitrogen and oxygen atoms in total. The Balaban J connectivity index is 1.69. The lowest BCUT2D eigenvalue weighted by atomic mass is 10.1. The standard InChI is InChI=1S/C23H17N3O/c1-16-7-13-22(23-24-15-18-5-3-4-6-21(18)26-23)25-20(16)14-10-17-8-11-19(27-2)12-9-17/h3-9,11-13,15H,1-2H3. The third-order valence-electron chi connectivity index (χ3n) is 4.23. The molecule has 0 bridgehead atoms. The first-order chi connectivity index (χ1) is 13.2. The van der Waals surface area contributed by atoms with Gasteiger partial charge in [0.2, 0.25) is 0 Å². The highest BCUT2D eigenvalue weighted by molar-refractivity contribution is 5.79. The molecule has 0 amide bonds. The maximum absolute atomic E-state index is 5.17. The molecular formula is C23H17N3O. The zero-order chi connectivity index (χ0) is 18.6. The molecule has 0 N–H and O–H groups in total. The van der Waals surface area contributed by atoms with Crippen LogP contribution in [0.2, 0.25) is 0 Å². The van der Waals surface area contributed by atoms with Crippen LogP contribution in [0.5, 0.6) is 5.75 Å². The molecule has 4 heteroatoms. The van der Waals surface area contributed by atoms with Gasteiger partial charge in [0.15, 0.2) is 5.82 Å². The Morgan fingerprint density at radius 3 is 2.48 bits per heavy atom. The number of aryl methyl sites for hydroxylation is 1. The number of aromatic nitrogens is 3. The topological polar surface area (TPSA) is 47.9 Å². The number of fused-ring (bicyclic) bond motifs is 1. The van der Waals surface area contributed by atoms with Gasteiger partial charge in [0.25, 0.3) is 0 Å². The van der Waals surface area contributed by atoms with E-state index >= 15 is 0 Å². The van der Waals surface area contributed by atoms with Gasteiger partial charge >= 0.3 is 0 Å². The van der Waals surface area contributed by atoms with Crippen LogP contribution in [0.25, 0.3) is 22.4 Å². The number of hydrogen-bond acceptors (Lipinski definition) is 4. The molecule has 2 aromatic heterocycles. The van der Waals surface area contributed by atoms with Gasteiger partial charge in [-0.3, -0.25) is 0 Å². The molecule has 0 radical (unpaired) electrons. The van der Waals surface area contributed by atoms with Crippen molar-refractivity contribution in [1.29, 1.82) is 0 Å². The number of benzene rings is 2. The van der Waals surface area contributed by atoms with Crippen LogP contribution in [0.3, 0.4) is 0 Å². The van der Waals surface area contributed by atoms with E-state index in [0.29, 0.717) is 11.5 Å². The smallest absolute Gasteiger partial charge is 0.178 e. The summed E-state index contributed by atoms with van der Waals surface area (Å²) in [5.74, 6) is 7.72. The molecule has 0 aliphatic carbocycles. The maximum Gasteiger partial charge on any atom is 0.178 e. The first kappa shape index (κ1) is 16.7. The Labute approximate surface area is 157 Å². The molecule has 0 unspecified atom stereocenters. The number of pyridine rings is 1. The molecule has 0 spiro atoms. The number of rotatable bonds is 2. The Bertz CT molecular complexity index is 1170. The van der Waals surface area contributed by atoms with Crippen LogP contribution >= 0.6 is 0 Å². The molecule has 0 saturated carbocycles. The number of para-hydroxylation sites is 1. The average Bonchev–Trinajstić information content (AvgIpc) is 2.73. The minimum absolute atomic E-state index is 0.598. The lowest BCUT2D eigenvalue weighted by molar-refractivity contribution is 0.415. The van der Waals surface area contributed by atoms with E-state index in [-0.39, 0.29) is 0 Å². The predicted octanol–water partition coefficient (Wildman–Crippen LogP) is 4.41. The van der Waals surface area contributed by atoms with Crippen molar-refractivity contribution in [3.63, 3.8) is 0 Å². The molecule has 0 atom stereocenters. The molecule has 27 heavy (non-hydrogen) atoms. The van der Waals surface area contributed by atoms with E-state index in [0.717, 1.165) is 33.5 Å². The Morgan fingerprint density at radius 2 is 1.67 bits per heavy atom. The van der Waals surface area contributed by atoms with E-state index in [9.17, 15) is 0 Å². The second-order valence-corrected chi connectivity index (χ2v) is 6.09. The van der Waals surface area contributed by atoms with Crippen LogP contribution in [0.1, 0.15) is 16.8 Å². The van der Waals surface area contributed by atoms with Crippen molar-refractivity contribution in [2.45, 2.75) is 6.92 Å². The predicted molar refractivity (Wildman–Crippen MR) is 106 cm³/mol. The molecule has 2 heterocycles. The van der Waals surface area contributed by atoms with Gasteiger partial charge < -0.3 is 4.74 Å².